The third-order valence-corrected chi connectivity index (χ3v) is 4.79. The van der Waals surface area contributed by atoms with Gasteiger partial charge in [0.25, 0.3) is 9.84 Å². The monoisotopic (exact) mass is 308 g/mol. The third kappa shape index (κ3) is 2.76. The fourth-order valence-electron chi connectivity index (χ4n) is 2.30. The molecule has 1 aliphatic heterocycles. The lowest BCUT2D eigenvalue weighted by atomic mass is 10.1. The second kappa shape index (κ2) is 5.25. The van der Waals surface area contributed by atoms with Crippen LogP contribution in [-0.2, 0) is 9.84 Å². The normalized spacial score (nSPS) is 21.0. The third-order valence-electron chi connectivity index (χ3n) is 3.26. The van der Waals surface area contributed by atoms with E-state index in [9.17, 15) is 21.6 Å². The number of nitrogens with zero attached hydrogens (tertiary/aromatic N) is 1. The molecule has 1 aromatic carbocycles. The van der Waals surface area contributed by atoms with Gasteiger partial charge in [-0.25, -0.2) is 8.42 Å². The molecule has 0 bridgehead atoms. The van der Waals surface area contributed by atoms with Gasteiger partial charge in [-0.1, -0.05) is 12.1 Å². The number of rotatable bonds is 2. The molecule has 1 fully saturated rings. The smallest absolute Gasteiger partial charge is 0.369 e. The maximum absolute atomic E-state index is 12.7. The Morgan fingerprint density at radius 3 is 2.50 bits per heavy atom. The van der Waals surface area contributed by atoms with Crippen LogP contribution in [-0.4, -0.2) is 33.1 Å². The number of piperidine rings is 1. The molecule has 1 aliphatic rings. The summed E-state index contributed by atoms with van der Waals surface area (Å²) in [6.07, 6.45) is 1.51. The zero-order chi connectivity index (χ0) is 15.0. The quantitative estimate of drug-likeness (QED) is 0.906. The number of sulfone groups is 1. The highest BCUT2D eigenvalue weighted by Gasteiger charge is 2.48. The van der Waals surface area contributed by atoms with Crippen LogP contribution in [0.25, 0.3) is 0 Å². The lowest BCUT2D eigenvalue weighted by Crippen LogP contribution is -2.43. The van der Waals surface area contributed by atoms with E-state index in [1.165, 1.54) is 18.2 Å². The number of hydrogen-bond donors (Lipinski definition) is 1. The molecule has 0 radical (unpaired) electrons. The van der Waals surface area contributed by atoms with E-state index in [0.717, 1.165) is 18.9 Å². The van der Waals surface area contributed by atoms with Crippen molar-refractivity contribution >= 4 is 15.5 Å². The molecule has 0 aliphatic carbocycles. The van der Waals surface area contributed by atoms with Gasteiger partial charge in [-0.3, -0.25) is 0 Å². The predicted octanol–water partition coefficient (Wildman–Crippen LogP) is 1.91. The molecule has 1 aromatic rings. The van der Waals surface area contributed by atoms with E-state index in [2.05, 4.69) is 0 Å². The van der Waals surface area contributed by atoms with E-state index in [0.29, 0.717) is 13.1 Å². The second-order valence-corrected chi connectivity index (χ2v) is 6.67. The molecule has 0 saturated carbocycles. The largest absolute Gasteiger partial charge is 0.501 e. The highest BCUT2D eigenvalue weighted by molar-refractivity contribution is 7.92. The average molecular weight is 308 g/mol. The molecule has 1 heterocycles. The van der Waals surface area contributed by atoms with E-state index in [1.54, 1.807) is 4.90 Å². The summed E-state index contributed by atoms with van der Waals surface area (Å²) in [4.78, 5) is 0.897. The summed E-state index contributed by atoms with van der Waals surface area (Å²) in [5.41, 5.74) is 0.559. The van der Waals surface area contributed by atoms with Crippen molar-refractivity contribution in [3.63, 3.8) is 0 Å². The Kier molecular flexibility index (Phi) is 3.97. The van der Waals surface area contributed by atoms with Crippen LogP contribution in [0.1, 0.15) is 12.8 Å². The van der Waals surface area contributed by atoms with Gasteiger partial charge in [0.1, 0.15) is 0 Å². The van der Waals surface area contributed by atoms with E-state index in [4.69, 9.17) is 5.73 Å². The molecule has 4 nitrogen and oxygen atoms in total. The fraction of sp³-hybridized carbons (Fsp3) is 0.500. The maximum atomic E-state index is 12.7. The maximum Gasteiger partial charge on any atom is 0.501 e. The highest BCUT2D eigenvalue weighted by atomic mass is 32.2. The number of benzene rings is 1. The highest BCUT2D eigenvalue weighted by Crippen LogP contribution is 2.36. The first-order chi connectivity index (χ1) is 9.23. The van der Waals surface area contributed by atoms with Gasteiger partial charge in [0, 0.05) is 19.1 Å². The van der Waals surface area contributed by atoms with Gasteiger partial charge >= 0.3 is 5.51 Å². The molecule has 0 amide bonds. The average Bonchev–Trinajstić information content (AvgIpc) is 2.37. The Balaban J connectivity index is 2.46. The van der Waals surface area contributed by atoms with Crippen LogP contribution in [0.2, 0.25) is 0 Å². The Bertz CT molecular complexity index is 587. The van der Waals surface area contributed by atoms with Gasteiger partial charge in [-0.15, -0.1) is 0 Å². The molecule has 20 heavy (non-hydrogen) atoms. The fourth-order valence-corrected chi connectivity index (χ4v) is 3.28. The van der Waals surface area contributed by atoms with Crippen LogP contribution in [0.3, 0.4) is 0 Å². The number of para-hydroxylation sites is 1. The number of nitrogens with two attached hydrogens (primary N) is 1. The molecule has 1 atom stereocenters. The van der Waals surface area contributed by atoms with Crippen LogP contribution in [0.15, 0.2) is 29.2 Å². The molecule has 1 unspecified atom stereocenters. The SMILES string of the molecule is NC1CCCN(c2ccccc2S(=O)(=O)C(F)(F)F)C1. The second-order valence-electron chi connectivity index (χ2n) is 4.77. The van der Waals surface area contributed by atoms with E-state index in [1.807, 2.05) is 0 Å². The van der Waals surface area contributed by atoms with E-state index in [-0.39, 0.29) is 11.7 Å². The van der Waals surface area contributed by atoms with Crippen molar-refractivity contribution in [3.8, 4) is 0 Å². The topological polar surface area (TPSA) is 63.4 Å². The van der Waals surface area contributed by atoms with Gasteiger partial charge in [0.05, 0.1) is 10.6 Å². The Morgan fingerprint density at radius 2 is 1.90 bits per heavy atom. The van der Waals surface area contributed by atoms with Gasteiger partial charge in [0.15, 0.2) is 0 Å². The zero-order valence-electron chi connectivity index (χ0n) is 10.6. The first-order valence-electron chi connectivity index (χ1n) is 6.14. The van der Waals surface area contributed by atoms with Crippen LogP contribution in [0.4, 0.5) is 18.9 Å². The minimum absolute atomic E-state index is 0.0694. The Morgan fingerprint density at radius 1 is 1.25 bits per heavy atom. The standard InChI is InChI=1S/C12H15F3N2O2S/c13-12(14,15)20(18,19)11-6-2-1-5-10(11)17-7-3-4-9(16)8-17/h1-2,5-6,9H,3-4,7-8,16H2. The molecular formula is C12H15F3N2O2S. The summed E-state index contributed by atoms with van der Waals surface area (Å²) in [6, 6.07) is 5.01. The lowest BCUT2D eigenvalue weighted by Gasteiger charge is -2.33. The van der Waals surface area contributed by atoms with E-state index < -0.39 is 20.2 Å². The van der Waals surface area contributed by atoms with Gasteiger partial charge in [-0.05, 0) is 25.0 Å². The predicted molar refractivity (Wildman–Crippen MR) is 69.1 cm³/mol. The van der Waals surface area contributed by atoms with Crippen LogP contribution in [0.5, 0.6) is 0 Å². The molecule has 0 spiro atoms. The molecule has 2 rings (SSSR count). The number of alkyl halides is 3. The summed E-state index contributed by atoms with van der Waals surface area (Å²) in [6.45, 7) is 0.850. The van der Waals surface area contributed by atoms with E-state index >= 15 is 0 Å². The first-order valence-corrected chi connectivity index (χ1v) is 7.62. The molecule has 112 valence electrons. The Labute approximate surface area is 115 Å². The van der Waals surface area contributed by atoms with Crippen LogP contribution in [0, 0.1) is 0 Å². The summed E-state index contributed by atoms with van der Waals surface area (Å²) in [5, 5.41) is 0. The number of halogens is 3. The van der Waals surface area contributed by atoms with Gasteiger partial charge in [0.2, 0.25) is 0 Å². The molecule has 2 N–H and O–H groups in total. The zero-order valence-corrected chi connectivity index (χ0v) is 11.4. The number of hydrogen-bond acceptors (Lipinski definition) is 4. The molecule has 8 heteroatoms. The molecular weight excluding hydrogens is 293 g/mol. The molecule has 1 saturated heterocycles. The van der Waals surface area contributed by atoms with Crippen molar-refractivity contribution in [1.82, 2.24) is 0 Å². The number of anilines is 1. The van der Waals surface area contributed by atoms with Crippen LogP contribution < -0.4 is 10.6 Å². The Hall–Kier alpha value is -1.28. The van der Waals surface area contributed by atoms with Crippen molar-refractivity contribution < 1.29 is 21.6 Å². The van der Waals surface area contributed by atoms with Crippen LogP contribution >= 0.6 is 0 Å². The minimum Gasteiger partial charge on any atom is -0.369 e. The van der Waals surface area contributed by atoms with Gasteiger partial charge in [-0.2, -0.15) is 13.2 Å². The van der Waals surface area contributed by atoms with Crippen molar-refractivity contribution in [2.45, 2.75) is 29.3 Å². The molecule has 0 aromatic heterocycles. The summed E-state index contributed by atoms with van der Waals surface area (Å²) < 4.78 is 61.4. The summed E-state index contributed by atoms with van der Waals surface area (Å²) in [7, 11) is -5.36. The summed E-state index contributed by atoms with van der Waals surface area (Å²) in [5.74, 6) is 0. The summed E-state index contributed by atoms with van der Waals surface area (Å²) >= 11 is 0. The first kappa shape index (κ1) is 15.1. The minimum atomic E-state index is -5.36. The van der Waals surface area contributed by atoms with Gasteiger partial charge < -0.3 is 10.6 Å². The van der Waals surface area contributed by atoms with Crippen molar-refractivity contribution in [1.29, 1.82) is 0 Å². The van der Waals surface area contributed by atoms with Crippen molar-refractivity contribution in [3.05, 3.63) is 24.3 Å². The lowest BCUT2D eigenvalue weighted by molar-refractivity contribution is -0.0435. The van der Waals surface area contributed by atoms with Crippen molar-refractivity contribution in [2.75, 3.05) is 18.0 Å². The van der Waals surface area contributed by atoms with Crippen molar-refractivity contribution in [2.24, 2.45) is 5.73 Å².